The summed E-state index contributed by atoms with van der Waals surface area (Å²) < 4.78 is 10.5. The summed E-state index contributed by atoms with van der Waals surface area (Å²) in [6, 6.07) is 0.577. The third kappa shape index (κ3) is 2.77. The Balaban J connectivity index is 2.11. The van der Waals surface area contributed by atoms with E-state index in [9.17, 15) is 0 Å². The molecule has 2 atom stereocenters. The molecule has 2 unspecified atom stereocenters. The zero-order valence-corrected chi connectivity index (χ0v) is 12.7. The number of rotatable bonds is 6. The predicted octanol–water partition coefficient (Wildman–Crippen LogP) is 1.54. The Morgan fingerprint density at radius 2 is 1.90 bits per heavy atom. The molecule has 0 amide bonds. The third-order valence-electron chi connectivity index (χ3n) is 3.90. The van der Waals surface area contributed by atoms with Crippen molar-refractivity contribution < 1.29 is 9.47 Å². The van der Waals surface area contributed by atoms with Crippen LogP contribution in [0, 0.1) is 5.41 Å². The highest BCUT2D eigenvalue weighted by Crippen LogP contribution is 2.43. The summed E-state index contributed by atoms with van der Waals surface area (Å²) in [6.07, 6.45) is 1.20. The Labute approximate surface area is 119 Å². The van der Waals surface area contributed by atoms with Gasteiger partial charge in [0.25, 0.3) is 0 Å². The first-order valence-electron chi connectivity index (χ1n) is 6.84. The minimum absolute atomic E-state index is 0.0486. The van der Waals surface area contributed by atoms with Gasteiger partial charge in [0.1, 0.15) is 0 Å². The van der Waals surface area contributed by atoms with Crippen molar-refractivity contribution in [1.29, 1.82) is 0 Å². The number of hydrogen-bond acceptors (Lipinski definition) is 7. The Bertz CT molecular complexity index is 466. The van der Waals surface area contributed by atoms with Crippen molar-refractivity contribution in [2.45, 2.75) is 39.3 Å². The molecule has 2 N–H and O–H groups in total. The largest absolute Gasteiger partial charge is 0.467 e. The summed E-state index contributed by atoms with van der Waals surface area (Å²) in [5, 5.41) is 6.41. The zero-order chi connectivity index (χ0) is 14.8. The first-order valence-corrected chi connectivity index (χ1v) is 6.84. The average molecular weight is 281 g/mol. The molecule has 1 saturated carbocycles. The quantitative estimate of drug-likeness (QED) is 0.818. The molecule has 0 saturated heterocycles. The molecular formula is C13H23N5O2. The van der Waals surface area contributed by atoms with Gasteiger partial charge in [0.2, 0.25) is 11.9 Å². The fraction of sp³-hybridized carbons (Fsp3) is 0.769. The monoisotopic (exact) mass is 281 g/mol. The van der Waals surface area contributed by atoms with E-state index in [-0.39, 0.29) is 17.6 Å². The van der Waals surface area contributed by atoms with Crippen LogP contribution in [0.5, 0.6) is 6.01 Å². The average Bonchev–Trinajstić information content (AvgIpc) is 2.43. The number of nitrogens with one attached hydrogen (secondary N) is 2. The van der Waals surface area contributed by atoms with Gasteiger partial charge < -0.3 is 20.1 Å². The topological polar surface area (TPSA) is 81.2 Å². The van der Waals surface area contributed by atoms with E-state index in [0.717, 1.165) is 13.0 Å². The van der Waals surface area contributed by atoms with Gasteiger partial charge in [-0.1, -0.05) is 13.8 Å². The number of anilines is 2. The van der Waals surface area contributed by atoms with E-state index >= 15 is 0 Å². The summed E-state index contributed by atoms with van der Waals surface area (Å²) in [5.74, 6) is 1.04. The van der Waals surface area contributed by atoms with E-state index in [1.807, 2.05) is 6.92 Å². The predicted molar refractivity (Wildman–Crippen MR) is 77.1 cm³/mol. The van der Waals surface area contributed by atoms with Crippen LogP contribution in [0.2, 0.25) is 0 Å². The van der Waals surface area contributed by atoms with E-state index in [1.54, 1.807) is 14.2 Å². The van der Waals surface area contributed by atoms with E-state index in [0.29, 0.717) is 17.9 Å². The summed E-state index contributed by atoms with van der Waals surface area (Å²) in [5.41, 5.74) is 0.0486. The van der Waals surface area contributed by atoms with E-state index < -0.39 is 0 Å². The van der Waals surface area contributed by atoms with Crippen molar-refractivity contribution in [3.05, 3.63) is 0 Å². The number of ether oxygens (including phenoxy) is 2. The highest BCUT2D eigenvalue weighted by molar-refractivity contribution is 5.38. The Morgan fingerprint density at radius 3 is 2.45 bits per heavy atom. The van der Waals surface area contributed by atoms with Crippen LogP contribution in [0.4, 0.5) is 11.9 Å². The fourth-order valence-electron chi connectivity index (χ4n) is 2.44. The van der Waals surface area contributed by atoms with Crippen LogP contribution in [-0.4, -0.2) is 47.9 Å². The lowest BCUT2D eigenvalue weighted by Gasteiger charge is -2.51. The van der Waals surface area contributed by atoms with Crippen LogP contribution >= 0.6 is 0 Å². The normalized spacial score (nSPS) is 23.9. The zero-order valence-electron chi connectivity index (χ0n) is 12.7. The van der Waals surface area contributed by atoms with Crippen molar-refractivity contribution >= 4 is 11.9 Å². The molecule has 1 aliphatic carbocycles. The molecule has 0 aromatic carbocycles. The molecule has 1 aromatic heterocycles. The van der Waals surface area contributed by atoms with Gasteiger partial charge in [-0.2, -0.15) is 15.0 Å². The molecular weight excluding hydrogens is 258 g/mol. The summed E-state index contributed by atoms with van der Waals surface area (Å²) in [4.78, 5) is 12.7. The van der Waals surface area contributed by atoms with Crippen molar-refractivity contribution in [3.63, 3.8) is 0 Å². The Morgan fingerprint density at radius 1 is 1.20 bits per heavy atom. The molecule has 7 nitrogen and oxygen atoms in total. The molecule has 1 aromatic rings. The first-order chi connectivity index (χ1) is 9.51. The minimum atomic E-state index is 0.0486. The van der Waals surface area contributed by atoms with Crippen LogP contribution in [0.1, 0.15) is 27.2 Å². The molecule has 7 heteroatoms. The van der Waals surface area contributed by atoms with Crippen molar-refractivity contribution in [2.24, 2.45) is 5.41 Å². The van der Waals surface area contributed by atoms with Gasteiger partial charge in [0, 0.05) is 25.1 Å². The van der Waals surface area contributed by atoms with Crippen LogP contribution in [-0.2, 0) is 4.74 Å². The Hall–Kier alpha value is -1.63. The summed E-state index contributed by atoms with van der Waals surface area (Å²) in [7, 11) is 3.29. The molecule has 0 bridgehead atoms. The second-order valence-electron chi connectivity index (χ2n) is 5.48. The SMILES string of the molecule is CCNc1nc(NC2CC(OC)C2(C)C)nc(OC)n1. The highest BCUT2D eigenvalue weighted by Gasteiger charge is 2.48. The van der Waals surface area contributed by atoms with E-state index in [1.165, 1.54) is 0 Å². The Kier molecular flexibility index (Phi) is 4.27. The maximum atomic E-state index is 5.45. The number of nitrogens with zero attached hydrogens (tertiary/aromatic N) is 3. The standard InChI is InChI=1S/C13H23N5O2/c1-6-14-10-16-11(18-12(17-10)20-5)15-8-7-9(19-4)13(8,2)3/h8-9H,6-7H2,1-5H3,(H2,14,15,16,17,18). The van der Waals surface area contributed by atoms with Crippen molar-refractivity contribution in [3.8, 4) is 6.01 Å². The number of aromatic nitrogens is 3. The van der Waals surface area contributed by atoms with Crippen molar-refractivity contribution in [1.82, 2.24) is 15.0 Å². The number of hydrogen-bond donors (Lipinski definition) is 2. The van der Waals surface area contributed by atoms with Crippen LogP contribution in [0.15, 0.2) is 0 Å². The second kappa shape index (κ2) is 5.78. The maximum Gasteiger partial charge on any atom is 0.322 e. The van der Waals surface area contributed by atoms with Gasteiger partial charge in [0.05, 0.1) is 13.2 Å². The molecule has 0 aliphatic heterocycles. The summed E-state index contributed by atoms with van der Waals surface area (Å²) >= 11 is 0. The minimum Gasteiger partial charge on any atom is -0.467 e. The van der Waals surface area contributed by atoms with Gasteiger partial charge in [-0.15, -0.1) is 0 Å². The maximum absolute atomic E-state index is 5.45. The van der Waals surface area contributed by atoms with Gasteiger partial charge in [0.15, 0.2) is 0 Å². The third-order valence-corrected chi connectivity index (χ3v) is 3.90. The molecule has 1 aliphatic rings. The highest BCUT2D eigenvalue weighted by atomic mass is 16.5. The first kappa shape index (κ1) is 14.8. The van der Waals surface area contributed by atoms with Gasteiger partial charge in [-0.05, 0) is 13.3 Å². The summed E-state index contributed by atoms with van der Waals surface area (Å²) in [6.45, 7) is 7.08. The second-order valence-corrected chi connectivity index (χ2v) is 5.48. The van der Waals surface area contributed by atoms with Gasteiger partial charge in [-0.3, -0.25) is 0 Å². The fourth-order valence-corrected chi connectivity index (χ4v) is 2.44. The molecule has 1 heterocycles. The molecule has 20 heavy (non-hydrogen) atoms. The van der Waals surface area contributed by atoms with E-state index in [4.69, 9.17) is 9.47 Å². The number of methoxy groups -OCH3 is 2. The smallest absolute Gasteiger partial charge is 0.322 e. The van der Waals surface area contributed by atoms with Crippen molar-refractivity contribution in [2.75, 3.05) is 31.4 Å². The molecule has 112 valence electrons. The lowest BCUT2D eigenvalue weighted by atomic mass is 9.64. The lowest BCUT2D eigenvalue weighted by molar-refractivity contribution is -0.0796. The van der Waals surface area contributed by atoms with Crippen LogP contribution in [0.25, 0.3) is 0 Å². The van der Waals surface area contributed by atoms with Gasteiger partial charge in [-0.25, -0.2) is 0 Å². The lowest BCUT2D eigenvalue weighted by Crippen LogP contribution is -2.57. The molecule has 0 radical (unpaired) electrons. The molecule has 2 rings (SSSR count). The molecule has 0 spiro atoms. The van der Waals surface area contributed by atoms with Crippen LogP contribution < -0.4 is 15.4 Å². The van der Waals surface area contributed by atoms with Crippen LogP contribution in [0.3, 0.4) is 0 Å². The molecule has 1 fully saturated rings. The van der Waals surface area contributed by atoms with Gasteiger partial charge >= 0.3 is 6.01 Å². The van der Waals surface area contributed by atoms with E-state index in [2.05, 4.69) is 39.4 Å².